The van der Waals surface area contributed by atoms with E-state index in [2.05, 4.69) is 26.6 Å². The van der Waals surface area contributed by atoms with Crippen molar-refractivity contribution in [3.63, 3.8) is 0 Å². The van der Waals surface area contributed by atoms with E-state index in [1.165, 1.54) is 0 Å². The molecule has 0 saturated carbocycles. The highest BCUT2D eigenvalue weighted by molar-refractivity contribution is 9.10. The van der Waals surface area contributed by atoms with Crippen LogP contribution in [0.1, 0.15) is 25.8 Å². The van der Waals surface area contributed by atoms with Crippen molar-refractivity contribution in [3.05, 3.63) is 34.3 Å². The van der Waals surface area contributed by atoms with Gasteiger partial charge in [0.15, 0.2) is 0 Å². The van der Waals surface area contributed by atoms with Crippen molar-refractivity contribution in [1.29, 1.82) is 0 Å². The number of hydrogen-bond acceptors (Lipinski definition) is 2. The van der Waals surface area contributed by atoms with Crippen LogP contribution in [0.5, 0.6) is 0 Å². The molecule has 1 saturated heterocycles. The summed E-state index contributed by atoms with van der Waals surface area (Å²) >= 11 is 3.45. The third-order valence-corrected chi connectivity index (χ3v) is 4.00. The minimum absolute atomic E-state index is 0. The Hall–Kier alpha value is -0.580. The van der Waals surface area contributed by atoms with Crippen molar-refractivity contribution in [2.24, 2.45) is 0 Å². The first-order chi connectivity index (χ1) is 8.50. The van der Waals surface area contributed by atoms with Gasteiger partial charge in [-0.15, -0.1) is 12.4 Å². The number of carbonyl (C=O) groups excluding carboxylic acids is 1. The molecule has 2 N–H and O–H groups in total. The van der Waals surface area contributed by atoms with Crippen LogP contribution < -0.4 is 10.6 Å². The van der Waals surface area contributed by atoms with E-state index in [1.54, 1.807) is 0 Å². The van der Waals surface area contributed by atoms with Crippen LogP contribution in [0.3, 0.4) is 0 Å². The molecule has 0 spiro atoms. The molecule has 106 valence electrons. The maximum atomic E-state index is 12.4. The Kier molecular flexibility index (Phi) is 5.83. The first-order valence-corrected chi connectivity index (χ1v) is 7.07. The fourth-order valence-corrected chi connectivity index (χ4v) is 2.55. The van der Waals surface area contributed by atoms with Gasteiger partial charge < -0.3 is 10.6 Å². The quantitative estimate of drug-likeness (QED) is 0.882. The Labute approximate surface area is 129 Å². The van der Waals surface area contributed by atoms with Crippen molar-refractivity contribution in [1.82, 2.24) is 10.6 Å². The number of halogens is 2. The molecule has 1 heterocycles. The summed E-state index contributed by atoms with van der Waals surface area (Å²) in [4.78, 5) is 12.4. The molecule has 0 aromatic heterocycles. The summed E-state index contributed by atoms with van der Waals surface area (Å²) in [5.41, 5.74) is 0.521. The van der Waals surface area contributed by atoms with Crippen LogP contribution in [0, 0.1) is 0 Å². The van der Waals surface area contributed by atoms with E-state index in [0.717, 1.165) is 29.5 Å². The van der Waals surface area contributed by atoms with Crippen molar-refractivity contribution in [3.8, 4) is 0 Å². The lowest BCUT2D eigenvalue weighted by Gasteiger charge is -2.26. The highest BCUT2D eigenvalue weighted by atomic mass is 79.9. The second-order valence-corrected chi connectivity index (χ2v) is 6.21. The van der Waals surface area contributed by atoms with Gasteiger partial charge in [-0.05, 0) is 44.5 Å². The summed E-state index contributed by atoms with van der Waals surface area (Å²) < 4.78 is 1.00. The predicted octanol–water partition coefficient (Wildman–Crippen LogP) is 2.63. The molecule has 5 heteroatoms. The highest BCUT2D eigenvalue weighted by Crippen LogP contribution is 2.26. The number of rotatable bonds is 3. The zero-order valence-electron chi connectivity index (χ0n) is 11.2. The molecule has 1 atom stereocenters. The largest absolute Gasteiger partial charge is 0.351 e. The Morgan fingerprint density at radius 3 is 2.79 bits per heavy atom. The summed E-state index contributed by atoms with van der Waals surface area (Å²) in [6, 6.07) is 8.21. The van der Waals surface area contributed by atoms with Crippen LogP contribution in [0.25, 0.3) is 0 Å². The third kappa shape index (κ3) is 3.94. The minimum Gasteiger partial charge on any atom is -0.351 e. The number of carbonyl (C=O) groups is 1. The van der Waals surface area contributed by atoms with Crippen LogP contribution in [0.2, 0.25) is 0 Å². The van der Waals surface area contributed by atoms with Gasteiger partial charge in [-0.3, -0.25) is 4.79 Å². The van der Waals surface area contributed by atoms with Gasteiger partial charge in [0.05, 0.1) is 5.41 Å². The van der Waals surface area contributed by atoms with Gasteiger partial charge >= 0.3 is 0 Å². The smallest absolute Gasteiger partial charge is 0.230 e. The summed E-state index contributed by atoms with van der Waals surface area (Å²) in [5.74, 6) is 0.0919. The van der Waals surface area contributed by atoms with E-state index in [9.17, 15) is 4.79 Å². The molecule has 1 fully saturated rings. The number of nitrogens with one attached hydrogen (secondary N) is 2. The molecule has 0 aliphatic carbocycles. The maximum absolute atomic E-state index is 12.4. The Morgan fingerprint density at radius 2 is 2.21 bits per heavy atom. The SMILES string of the molecule is CC(C)(C(=O)NC1CCNC1)c1cccc(Br)c1.Cl. The maximum Gasteiger partial charge on any atom is 0.230 e. The molecule has 0 bridgehead atoms. The van der Waals surface area contributed by atoms with E-state index < -0.39 is 5.41 Å². The van der Waals surface area contributed by atoms with Gasteiger partial charge in [-0.25, -0.2) is 0 Å². The molecular weight excluding hydrogens is 328 g/mol. The molecule has 0 radical (unpaired) electrons. The molecular formula is C14H20BrClN2O. The van der Waals surface area contributed by atoms with Crippen molar-refractivity contribution in [2.75, 3.05) is 13.1 Å². The average molecular weight is 348 g/mol. The lowest BCUT2D eigenvalue weighted by atomic mass is 9.83. The first-order valence-electron chi connectivity index (χ1n) is 6.28. The molecule has 1 aromatic carbocycles. The minimum atomic E-state index is -0.508. The van der Waals surface area contributed by atoms with Gasteiger partial charge in [0, 0.05) is 17.1 Å². The van der Waals surface area contributed by atoms with E-state index in [-0.39, 0.29) is 24.4 Å². The van der Waals surface area contributed by atoms with Crippen LogP contribution in [-0.2, 0) is 10.2 Å². The summed E-state index contributed by atoms with van der Waals surface area (Å²) in [7, 11) is 0. The molecule has 2 rings (SSSR count). The molecule has 1 aliphatic heterocycles. The normalized spacial score (nSPS) is 18.8. The molecule has 1 amide bonds. The third-order valence-electron chi connectivity index (χ3n) is 3.51. The van der Waals surface area contributed by atoms with Gasteiger partial charge in [-0.1, -0.05) is 28.1 Å². The zero-order valence-corrected chi connectivity index (χ0v) is 13.6. The second-order valence-electron chi connectivity index (χ2n) is 5.30. The fraction of sp³-hybridized carbons (Fsp3) is 0.500. The molecule has 3 nitrogen and oxygen atoms in total. The fourth-order valence-electron chi connectivity index (χ4n) is 2.15. The van der Waals surface area contributed by atoms with Crippen molar-refractivity contribution < 1.29 is 4.79 Å². The first kappa shape index (κ1) is 16.5. The predicted molar refractivity (Wildman–Crippen MR) is 83.8 cm³/mol. The number of benzene rings is 1. The van der Waals surface area contributed by atoms with Gasteiger partial charge in [0.1, 0.15) is 0 Å². The highest BCUT2D eigenvalue weighted by Gasteiger charge is 2.31. The van der Waals surface area contributed by atoms with Crippen molar-refractivity contribution in [2.45, 2.75) is 31.7 Å². The average Bonchev–Trinajstić information content (AvgIpc) is 2.81. The lowest BCUT2D eigenvalue weighted by molar-refractivity contribution is -0.126. The Bertz CT molecular complexity index is 445. The van der Waals surface area contributed by atoms with E-state index >= 15 is 0 Å². The number of hydrogen-bond donors (Lipinski definition) is 2. The summed E-state index contributed by atoms with van der Waals surface area (Å²) in [5, 5.41) is 6.38. The Balaban J connectivity index is 0.00000180. The van der Waals surface area contributed by atoms with Crippen molar-refractivity contribution >= 4 is 34.2 Å². The zero-order chi connectivity index (χ0) is 13.2. The van der Waals surface area contributed by atoms with E-state index in [0.29, 0.717) is 0 Å². The Morgan fingerprint density at radius 1 is 1.47 bits per heavy atom. The van der Waals surface area contributed by atoms with Gasteiger partial charge in [0.2, 0.25) is 5.91 Å². The van der Waals surface area contributed by atoms with E-state index in [4.69, 9.17) is 0 Å². The summed E-state index contributed by atoms with van der Waals surface area (Å²) in [6.07, 6.45) is 1.01. The molecule has 1 unspecified atom stereocenters. The van der Waals surface area contributed by atoms with Crippen LogP contribution in [0.15, 0.2) is 28.7 Å². The number of amides is 1. The van der Waals surface area contributed by atoms with Crippen LogP contribution in [-0.4, -0.2) is 25.0 Å². The van der Waals surface area contributed by atoms with Crippen LogP contribution in [0.4, 0.5) is 0 Å². The second kappa shape index (κ2) is 6.73. The standard InChI is InChI=1S/C14H19BrN2O.ClH/c1-14(2,10-4-3-5-11(15)8-10)13(18)17-12-6-7-16-9-12;/h3-5,8,12,16H,6-7,9H2,1-2H3,(H,17,18);1H. The van der Waals surface area contributed by atoms with Crippen LogP contribution >= 0.6 is 28.3 Å². The molecule has 1 aliphatic rings. The molecule has 1 aromatic rings. The topological polar surface area (TPSA) is 41.1 Å². The lowest BCUT2D eigenvalue weighted by Crippen LogP contribution is -2.45. The van der Waals surface area contributed by atoms with Gasteiger partial charge in [0.25, 0.3) is 0 Å². The molecule has 19 heavy (non-hydrogen) atoms. The van der Waals surface area contributed by atoms with Gasteiger partial charge in [-0.2, -0.15) is 0 Å². The summed E-state index contributed by atoms with van der Waals surface area (Å²) in [6.45, 7) is 5.79. The van der Waals surface area contributed by atoms with E-state index in [1.807, 2.05) is 38.1 Å². The monoisotopic (exact) mass is 346 g/mol.